The molecule has 1 heterocycles. The summed E-state index contributed by atoms with van der Waals surface area (Å²) in [6, 6.07) is 0.547. The Morgan fingerprint density at radius 3 is 2.67 bits per heavy atom. The summed E-state index contributed by atoms with van der Waals surface area (Å²) in [6.45, 7) is 12.7. The van der Waals surface area contributed by atoms with Gasteiger partial charge in [0.2, 0.25) is 5.91 Å². The van der Waals surface area contributed by atoms with Gasteiger partial charge in [-0.15, -0.1) is 0 Å². The largest absolute Gasteiger partial charge is 0.355 e. The summed E-state index contributed by atoms with van der Waals surface area (Å²) >= 11 is 0. The normalized spacial score (nSPS) is 22.8. The van der Waals surface area contributed by atoms with Crippen LogP contribution < -0.4 is 10.6 Å². The van der Waals surface area contributed by atoms with Crippen molar-refractivity contribution in [3.63, 3.8) is 0 Å². The summed E-state index contributed by atoms with van der Waals surface area (Å²) in [6.07, 6.45) is 5.85. The third kappa shape index (κ3) is 6.35. The molecule has 1 rings (SSSR count). The molecule has 3 unspecified atom stereocenters. The lowest BCUT2D eigenvalue weighted by Crippen LogP contribution is -2.52. The minimum absolute atomic E-state index is 0.00281. The highest BCUT2D eigenvalue weighted by Gasteiger charge is 2.29. The lowest BCUT2D eigenvalue weighted by atomic mass is 9.90. The number of hydrogen-bond donors (Lipinski definition) is 2. The highest BCUT2D eigenvalue weighted by atomic mass is 16.2. The molecule has 0 bridgehead atoms. The second-order valence-corrected chi connectivity index (χ2v) is 6.46. The van der Waals surface area contributed by atoms with Crippen LogP contribution in [0.3, 0.4) is 0 Å². The minimum atomic E-state index is 0.00281. The summed E-state index contributed by atoms with van der Waals surface area (Å²) < 4.78 is 0. The number of nitrogens with zero attached hydrogens (tertiary/aromatic N) is 1. The SMILES string of the molecule is CCCCNC(=O)C(C)N1CCCC(C(C)NCCC)C1. The van der Waals surface area contributed by atoms with Gasteiger partial charge in [-0.25, -0.2) is 0 Å². The molecule has 4 nitrogen and oxygen atoms in total. The van der Waals surface area contributed by atoms with Crippen molar-refractivity contribution in [3.8, 4) is 0 Å². The number of hydrogen-bond acceptors (Lipinski definition) is 3. The van der Waals surface area contributed by atoms with Gasteiger partial charge in [-0.1, -0.05) is 20.3 Å². The summed E-state index contributed by atoms with van der Waals surface area (Å²) in [4.78, 5) is 14.6. The van der Waals surface area contributed by atoms with Crippen molar-refractivity contribution >= 4 is 5.91 Å². The third-order valence-corrected chi connectivity index (χ3v) is 4.67. The minimum Gasteiger partial charge on any atom is -0.355 e. The van der Waals surface area contributed by atoms with Gasteiger partial charge in [-0.3, -0.25) is 9.69 Å². The van der Waals surface area contributed by atoms with Gasteiger partial charge in [0.15, 0.2) is 0 Å². The molecule has 1 aliphatic heterocycles. The molecule has 0 radical (unpaired) electrons. The maximum Gasteiger partial charge on any atom is 0.237 e. The number of likely N-dealkylation sites (tertiary alicyclic amines) is 1. The molecule has 124 valence electrons. The lowest BCUT2D eigenvalue weighted by molar-refractivity contribution is -0.126. The predicted octanol–water partition coefficient (Wildman–Crippen LogP) is 2.39. The number of amides is 1. The topological polar surface area (TPSA) is 44.4 Å². The molecule has 0 aliphatic carbocycles. The number of unbranched alkanes of at least 4 members (excludes halogenated alkanes) is 1. The molecular formula is C17H35N3O. The molecule has 0 spiro atoms. The quantitative estimate of drug-likeness (QED) is 0.642. The average molecular weight is 297 g/mol. The molecule has 0 aromatic rings. The molecule has 1 fully saturated rings. The Balaban J connectivity index is 2.41. The van der Waals surface area contributed by atoms with Gasteiger partial charge in [0, 0.05) is 19.1 Å². The number of piperidine rings is 1. The molecule has 1 aliphatic rings. The van der Waals surface area contributed by atoms with E-state index in [1.165, 1.54) is 19.3 Å². The molecule has 1 saturated heterocycles. The van der Waals surface area contributed by atoms with Crippen LogP contribution in [0.4, 0.5) is 0 Å². The van der Waals surface area contributed by atoms with E-state index in [0.29, 0.717) is 12.0 Å². The Kier molecular flexibility index (Phi) is 8.93. The Bertz CT molecular complexity index is 296. The molecular weight excluding hydrogens is 262 g/mol. The second-order valence-electron chi connectivity index (χ2n) is 6.46. The fourth-order valence-electron chi connectivity index (χ4n) is 3.04. The molecule has 1 amide bonds. The molecule has 4 heteroatoms. The van der Waals surface area contributed by atoms with Crippen molar-refractivity contribution in [1.29, 1.82) is 0 Å². The van der Waals surface area contributed by atoms with Crippen LogP contribution in [0.2, 0.25) is 0 Å². The Hall–Kier alpha value is -0.610. The predicted molar refractivity (Wildman–Crippen MR) is 89.4 cm³/mol. The van der Waals surface area contributed by atoms with E-state index >= 15 is 0 Å². The fraction of sp³-hybridized carbons (Fsp3) is 0.941. The molecule has 0 aromatic heterocycles. The number of rotatable bonds is 9. The smallest absolute Gasteiger partial charge is 0.237 e. The molecule has 3 atom stereocenters. The zero-order valence-corrected chi connectivity index (χ0v) is 14.5. The van der Waals surface area contributed by atoms with E-state index in [9.17, 15) is 4.79 Å². The Morgan fingerprint density at radius 1 is 1.24 bits per heavy atom. The van der Waals surface area contributed by atoms with Crippen LogP contribution in [-0.4, -0.2) is 49.1 Å². The van der Waals surface area contributed by atoms with Crippen LogP contribution in [-0.2, 0) is 4.79 Å². The summed E-state index contributed by atoms with van der Waals surface area (Å²) in [5.41, 5.74) is 0. The Morgan fingerprint density at radius 2 is 2.00 bits per heavy atom. The molecule has 0 aromatic carbocycles. The third-order valence-electron chi connectivity index (χ3n) is 4.67. The number of carbonyl (C=O) groups excluding carboxylic acids is 1. The maximum absolute atomic E-state index is 12.2. The standard InChI is InChI=1S/C17H35N3O/c1-5-7-11-19-17(21)15(4)20-12-8-9-16(13-20)14(3)18-10-6-2/h14-16,18H,5-13H2,1-4H3,(H,19,21). The first-order chi connectivity index (χ1) is 10.1. The van der Waals surface area contributed by atoms with Crippen molar-refractivity contribution in [2.24, 2.45) is 5.92 Å². The van der Waals surface area contributed by atoms with Crippen LogP contribution in [0.25, 0.3) is 0 Å². The van der Waals surface area contributed by atoms with Crippen LogP contribution in [0.1, 0.15) is 59.8 Å². The first-order valence-electron chi connectivity index (χ1n) is 8.85. The van der Waals surface area contributed by atoms with E-state index < -0.39 is 0 Å². The van der Waals surface area contributed by atoms with E-state index in [2.05, 4.69) is 36.3 Å². The van der Waals surface area contributed by atoms with Crippen molar-refractivity contribution in [1.82, 2.24) is 15.5 Å². The van der Waals surface area contributed by atoms with Crippen LogP contribution in [0.15, 0.2) is 0 Å². The lowest BCUT2D eigenvalue weighted by Gasteiger charge is -2.38. The Labute approximate surface area is 131 Å². The van der Waals surface area contributed by atoms with Gasteiger partial charge < -0.3 is 10.6 Å². The van der Waals surface area contributed by atoms with Crippen LogP contribution >= 0.6 is 0 Å². The van der Waals surface area contributed by atoms with E-state index in [1.54, 1.807) is 0 Å². The van der Waals surface area contributed by atoms with E-state index in [-0.39, 0.29) is 11.9 Å². The fourth-order valence-corrected chi connectivity index (χ4v) is 3.04. The first-order valence-corrected chi connectivity index (χ1v) is 8.85. The zero-order valence-electron chi connectivity index (χ0n) is 14.5. The van der Waals surface area contributed by atoms with E-state index in [1.807, 2.05) is 6.92 Å². The maximum atomic E-state index is 12.2. The summed E-state index contributed by atoms with van der Waals surface area (Å²) in [5.74, 6) is 0.856. The van der Waals surface area contributed by atoms with Gasteiger partial charge in [0.25, 0.3) is 0 Å². The monoisotopic (exact) mass is 297 g/mol. The van der Waals surface area contributed by atoms with Crippen LogP contribution in [0.5, 0.6) is 0 Å². The van der Waals surface area contributed by atoms with Crippen molar-refractivity contribution in [3.05, 3.63) is 0 Å². The second kappa shape index (κ2) is 10.2. The van der Waals surface area contributed by atoms with Gasteiger partial charge in [0.05, 0.1) is 6.04 Å². The number of carbonyl (C=O) groups is 1. The highest BCUT2D eigenvalue weighted by molar-refractivity contribution is 5.81. The van der Waals surface area contributed by atoms with Gasteiger partial charge in [-0.2, -0.15) is 0 Å². The first kappa shape index (κ1) is 18.4. The molecule has 0 saturated carbocycles. The summed E-state index contributed by atoms with van der Waals surface area (Å²) in [7, 11) is 0. The number of nitrogens with one attached hydrogen (secondary N) is 2. The van der Waals surface area contributed by atoms with Gasteiger partial charge >= 0.3 is 0 Å². The highest BCUT2D eigenvalue weighted by Crippen LogP contribution is 2.21. The van der Waals surface area contributed by atoms with E-state index in [0.717, 1.165) is 39.0 Å². The zero-order chi connectivity index (χ0) is 15.7. The van der Waals surface area contributed by atoms with Crippen molar-refractivity contribution < 1.29 is 4.79 Å². The summed E-state index contributed by atoms with van der Waals surface area (Å²) in [5, 5.41) is 6.67. The van der Waals surface area contributed by atoms with E-state index in [4.69, 9.17) is 0 Å². The molecule has 2 N–H and O–H groups in total. The van der Waals surface area contributed by atoms with Crippen molar-refractivity contribution in [2.45, 2.75) is 71.9 Å². The average Bonchev–Trinajstić information content (AvgIpc) is 2.52. The van der Waals surface area contributed by atoms with Crippen LogP contribution in [0, 0.1) is 5.92 Å². The van der Waals surface area contributed by atoms with Gasteiger partial charge in [-0.05, 0) is 58.5 Å². The van der Waals surface area contributed by atoms with Crippen molar-refractivity contribution in [2.75, 3.05) is 26.2 Å². The molecule has 21 heavy (non-hydrogen) atoms. The van der Waals surface area contributed by atoms with Gasteiger partial charge in [0.1, 0.15) is 0 Å².